The fourth-order valence-electron chi connectivity index (χ4n) is 5.10. The van der Waals surface area contributed by atoms with Crippen LogP contribution in [0, 0.1) is 6.92 Å². The smallest absolute Gasteiger partial charge is 0.228 e. The summed E-state index contributed by atoms with van der Waals surface area (Å²) in [4.78, 5) is 26.6. The number of aliphatic hydroxyl groups is 1. The molecule has 0 aromatic carbocycles. The van der Waals surface area contributed by atoms with Crippen LogP contribution in [0.15, 0.2) is 12.3 Å². The van der Waals surface area contributed by atoms with Gasteiger partial charge in [0.15, 0.2) is 11.6 Å². The van der Waals surface area contributed by atoms with Gasteiger partial charge in [0, 0.05) is 59.9 Å². The van der Waals surface area contributed by atoms with Gasteiger partial charge in [-0.2, -0.15) is 4.98 Å². The molecule has 2 fully saturated rings. The lowest BCUT2D eigenvalue weighted by molar-refractivity contribution is 0.0818. The highest BCUT2D eigenvalue weighted by molar-refractivity contribution is 5.94. The molecule has 2 saturated heterocycles. The van der Waals surface area contributed by atoms with E-state index in [2.05, 4.69) is 21.3 Å². The van der Waals surface area contributed by atoms with Gasteiger partial charge in [-0.05, 0) is 39.5 Å². The molecule has 4 heterocycles. The van der Waals surface area contributed by atoms with Crippen molar-refractivity contribution in [2.24, 2.45) is 0 Å². The zero-order valence-electron chi connectivity index (χ0n) is 23.4. The minimum absolute atomic E-state index is 0.258. The third-order valence-electron chi connectivity index (χ3n) is 7.30. The van der Waals surface area contributed by atoms with Crippen molar-refractivity contribution in [1.29, 1.82) is 0 Å². The number of hydrogen-bond donors (Lipinski definition) is 1. The molecule has 4 rings (SSSR count). The van der Waals surface area contributed by atoms with Crippen molar-refractivity contribution in [2.75, 3.05) is 81.4 Å². The van der Waals surface area contributed by atoms with E-state index in [4.69, 9.17) is 34.1 Å². The van der Waals surface area contributed by atoms with Crippen LogP contribution < -0.4 is 14.7 Å². The van der Waals surface area contributed by atoms with Crippen LogP contribution in [0.1, 0.15) is 44.9 Å². The first-order valence-corrected chi connectivity index (χ1v) is 13.7. The van der Waals surface area contributed by atoms with Gasteiger partial charge in [-0.3, -0.25) is 0 Å². The molecule has 0 unspecified atom stereocenters. The van der Waals surface area contributed by atoms with E-state index in [1.54, 1.807) is 14.2 Å². The molecule has 0 aliphatic carbocycles. The molecule has 1 N–H and O–H groups in total. The minimum atomic E-state index is -0.272. The van der Waals surface area contributed by atoms with E-state index in [1.807, 2.05) is 13.8 Å². The van der Waals surface area contributed by atoms with Crippen LogP contribution in [0.2, 0.25) is 0 Å². The van der Waals surface area contributed by atoms with Crippen molar-refractivity contribution < 1.29 is 19.3 Å². The van der Waals surface area contributed by atoms with Crippen molar-refractivity contribution in [1.82, 2.24) is 19.9 Å². The summed E-state index contributed by atoms with van der Waals surface area (Å²) >= 11 is 0. The maximum Gasteiger partial charge on any atom is 0.228 e. The second-order valence-corrected chi connectivity index (χ2v) is 9.98. The summed E-state index contributed by atoms with van der Waals surface area (Å²) < 4.78 is 16.6. The van der Waals surface area contributed by atoms with Gasteiger partial charge >= 0.3 is 0 Å². The third kappa shape index (κ3) is 6.81. The predicted molar refractivity (Wildman–Crippen MR) is 149 cm³/mol. The molecule has 0 spiro atoms. The average molecular weight is 530 g/mol. The van der Waals surface area contributed by atoms with Crippen molar-refractivity contribution in [2.45, 2.75) is 58.2 Å². The molecule has 0 atom stereocenters. The van der Waals surface area contributed by atoms with Gasteiger partial charge in [-0.25, -0.2) is 15.0 Å². The lowest BCUT2D eigenvalue weighted by Crippen LogP contribution is -2.39. The summed E-state index contributed by atoms with van der Waals surface area (Å²) in [7, 11) is 3.48. The number of anilines is 3. The Morgan fingerprint density at radius 1 is 0.947 bits per heavy atom. The molecule has 11 nitrogen and oxygen atoms in total. The van der Waals surface area contributed by atoms with Gasteiger partial charge in [0.25, 0.3) is 0 Å². The Balaban J connectivity index is 1.79. The van der Waals surface area contributed by atoms with Gasteiger partial charge in [-0.1, -0.05) is 6.58 Å². The standard InChI is InChI=1S/C27H43N7O4/c1-6-38-19(2)7-12-34(17-18-36-4)27-30-24-23(26(31-27)33-15-10-22(37-5)11-16-33)28-20(3)29-25(24)32-13-8-21(35)9-14-32/h21-22,35H,2,6-18H2,1,3-5H3. The van der Waals surface area contributed by atoms with E-state index in [0.29, 0.717) is 57.3 Å². The van der Waals surface area contributed by atoms with Gasteiger partial charge in [0.2, 0.25) is 5.95 Å². The van der Waals surface area contributed by atoms with E-state index in [0.717, 1.165) is 67.4 Å². The molecule has 11 heteroatoms. The first-order valence-electron chi connectivity index (χ1n) is 13.7. The summed E-state index contributed by atoms with van der Waals surface area (Å²) in [5.74, 6) is 3.68. The van der Waals surface area contributed by atoms with Crippen molar-refractivity contribution in [3.8, 4) is 0 Å². The highest BCUT2D eigenvalue weighted by atomic mass is 16.5. The van der Waals surface area contributed by atoms with Crippen LogP contribution in [0.3, 0.4) is 0 Å². The zero-order valence-corrected chi connectivity index (χ0v) is 23.4. The molecule has 0 radical (unpaired) electrons. The maximum atomic E-state index is 10.1. The summed E-state index contributed by atoms with van der Waals surface area (Å²) in [5, 5.41) is 10.1. The summed E-state index contributed by atoms with van der Waals surface area (Å²) in [5.41, 5.74) is 1.51. The van der Waals surface area contributed by atoms with Crippen molar-refractivity contribution in [3.05, 3.63) is 18.2 Å². The third-order valence-corrected chi connectivity index (χ3v) is 7.30. The number of ether oxygens (including phenoxy) is 3. The van der Waals surface area contributed by atoms with Crippen LogP contribution in [0.5, 0.6) is 0 Å². The quantitative estimate of drug-likeness (QED) is 0.410. The van der Waals surface area contributed by atoms with Gasteiger partial charge in [0.05, 0.1) is 31.2 Å². The second-order valence-electron chi connectivity index (χ2n) is 9.98. The SMILES string of the molecule is C=C(CCN(CCOC)c1nc(N2CCC(OC)CC2)c2nc(C)nc(N3CCC(O)CC3)c2n1)OCC. The van der Waals surface area contributed by atoms with Gasteiger partial charge < -0.3 is 34.0 Å². The lowest BCUT2D eigenvalue weighted by Gasteiger charge is -2.34. The average Bonchev–Trinajstić information content (AvgIpc) is 2.93. The first-order chi connectivity index (χ1) is 18.4. The van der Waals surface area contributed by atoms with E-state index in [9.17, 15) is 5.11 Å². The summed E-state index contributed by atoms with van der Waals surface area (Å²) in [6.45, 7) is 13.5. The predicted octanol–water partition coefficient (Wildman–Crippen LogP) is 2.70. The fourth-order valence-corrected chi connectivity index (χ4v) is 5.10. The summed E-state index contributed by atoms with van der Waals surface area (Å²) in [6.07, 6.45) is 3.92. The van der Waals surface area contributed by atoms with Crippen molar-refractivity contribution in [3.63, 3.8) is 0 Å². The van der Waals surface area contributed by atoms with Gasteiger partial charge in [0.1, 0.15) is 16.9 Å². The minimum Gasteiger partial charge on any atom is -0.499 e. The Morgan fingerprint density at radius 3 is 2.21 bits per heavy atom. The molecule has 2 aliphatic rings. The molecular weight excluding hydrogens is 486 g/mol. The highest BCUT2D eigenvalue weighted by Crippen LogP contribution is 2.33. The fraction of sp³-hybridized carbons (Fsp3) is 0.704. The maximum absolute atomic E-state index is 10.1. The number of piperidine rings is 2. The lowest BCUT2D eigenvalue weighted by atomic mass is 10.1. The molecule has 0 amide bonds. The number of methoxy groups -OCH3 is 2. The second kappa shape index (κ2) is 13.3. The first kappa shape index (κ1) is 28.3. The van der Waals surface area contributed by atoms with Crippen molar-refractivity contribution >= 4 is 28.6 Å². The van der Waals surface area contributed by atoms with E-state index < -0.39 is 0 Å². The molecule has 0 bridgehead atoms. The molecule has 0 saturated carbocycles. The number of rotatable bonds is 12. The highest BCUT2D eigenvalue weighted by Gasteiger charge is 2.28. The Kier molecular flexibility index (Phi) is 9.92. The molecule has 2 aromatic heterocycles. The van der Waals surface area contributed by atoms with E-state index >= 15 is 0 Å². The number of fused-ring (bicyclic) bond motifs is 1. The normalized spacial score (nSPS) is 17.3. The number of aryl methyl sites for hydroxylation is 1. The number of aliphatic hydroxyl groups excluding tert-OH is 1. The number of aromatic nitrogens is 4. The van der Waals surface area contributed by atoms with Crippen LogP contribution in [0.25, 0.3) is 11.0 Å². The van der Waals surface area contributed by atoms with Crippen LogP contribution in [-0.2, 0) is 14.2 Å². The zero-order chi connectivity index (χ0) is 27.1. The van der Waals surface area contributed by atoms with E-state index in [1.165, 1.54) is 0 Å². The van der Waals surface area contributed by atoms with Gasteiger partial charge in [-0.15, -0.1) is 0 Å². The van der Waals surface area contributed by atoms with Crippen LogP contribution in [0.4, 0.5) is 17.6 Å². The Hall–Kier alpha value is -2.76. The largest absolute Gasteiger partial charge is 0.499 e. The Bertz CT molecular complexity index is 1070. The molecular formula is C27H43N7O4. The number of hydrogen-bond acceptors (Lipinski definition) is 11. The van der Waals surface area contributed by atoms with Crippen LogP contribution >= 0.6 is 0 Å². The molecule has 210 valence electrons. The molecule has 2 aromatic rings. The monoisotopic (exact) mass is 529 g/mol. The Morgan fingerprint density at radius 2 is 1.58 bits per heavy atom. The number of nitrogens with zero attached hydrogens (tertiary/aromatic N) is 7. The van der Waals surface area contributed by atoms with Crippen LogP contribution in [-0.4, -0.2) is 104 Å². The molecule has 2 aliphatic heterocycles. The van der Waals surface area contributed by atoms with E-state index in [-0.39, 0.29) is 12.2 Å². The topological polar surface area (TPSA) is 109 Å². The Labute approximate surface area is 225 Å². The molecule has 38 heavy (non-hydrogen) atoms. The summed E-state index contributed by atoms with van der Waals surface area (Å²) in [6, 6.07) is 0.